The van der Waals surface area contributed by atoms with E-state index in [2.05, 4.69) is 34.6 Å². The molecule has 0 bridgehead atoms. The summed E-state index contributed by atoms with van der Waals surface area (Å²) in [4.78, 5) is 7.44. The Morgan fingerprint density at radius 2 is 1.81 bits per heavy atom. The molecule has 2 unspecified atom stereocenters. The van der Waals surface area contributed by atoms with Crippen LogP contribution in [0.25, 0.3) is 0 Å². The van der Waals surface area contributed by atoms with Crippen molar-refractivity contribution >= 4 is 40.7 Å². The molecule has 2 atom stereocenters. The molecule has 0 aliphatic carbocycles. The average Bonchev–Trinajstić information content (AvgIpc) is 2.74. The molecule has 31 heavy (non-hydrogen) atoms. The lowest BCUT2D eigenvalue weighted by Gasteiger charge is -2.34. The number of hydrogen-bond donors (Lipinski definition) is 2. The molecule has 6 nitrogen and oxygen atoms in total. The summed E-state index contributed by atoms with van der Waals surface area (Å²) >= 11 is 0. The summed E-state index contributed by atoms with van der Waals surface area (Å²) in [6.45, 7) is 12.5. The Labute approximate surface area is 208 Å². The zero-order valence-electron chi connectivity index (χ0n) is 19.8. The first-order valence-corrected chi connectivity index (χ1v) is 12.5. The lowest BCUT2D eigenvalue weighted by atomic mass is 10.0. The van der Waals surface area contributed by atoms with Crippen molar-refractivity contribution in [2.24, 2.45) is 4.99 Å². The van der Waals surface area contributed by atoms with Gasteiger partial charge in [0, 0.05) is 34.4 Å². The third kappa shape index (κ3) is 9.65. The second-order valence-electron chi connectivity index (χ2n) is 8.69. The van der Waals surface area contributed by atoms with Gasteiger partial charge in [0.25, 0.3) is 0 Å². The van der Waals surface area contributed by atoms with Crippen LogP contribution in [0.1, 0.15) is 58.6 Å². The van der Waals surface area contributed by atoms with Gasteiger partial charge in [0.05, 0.1) is 19.7 Å². The van der Waals surface area contributed by atoms with Crippen LogP contribution in [-0.4, -0.2) is 65.4 Å². The van der Waals surface area contributed by atoms with E-state index in [1.165, 1.54) is 24.8 Å². The zero-order chi connectivity index (χ0) is 22.0. The van der Waals surface area contributed by atoms with Gasteiger partial charge in [-0.1, -0.05) is 18.6 Å². The summed E-state index contributed by atoms with van der Waals surface area (Å²) in [7, 11) is 0.824. The summed E-state index contributed by atoms with van der Waals surface area (Å²) in [5.41, 5.74) is 1.27. The topological polar surface area (TPSA) is 66.0 Å². The monoisotopic (exact) mass is 564 g/mol. The normalized spacial score (nSPS) is 17.4. The standard InChI is InChI=1S/C23H40N4O2S.HI/c1-6-24-22(25-14-17-30(28)23(2,3)4)26-18-21(27-15-8-7-9-16-27)19-10-12-20(29-5)13-11-19;/h10-13,21H,6-9,14-18H2,1-5H3,(H2,24,25,26);1H. The Balaban J connectivity index is 0.00000480. The van der Waals surface area contributed by atoms with Crippen molar-refractivity contribution in [3.05, 3.63) is 29.8 Å². The van der Waals surface area contributed by atoms with Gasteiger partial charge in [-0.2, -0.15) is 0 Å². The Morgan fingerprint density at radius 1 is 1.16 bits per heavy atom. The molecule has 0 amide bonds. The Kier molecular flexibility index (Phi) is 13.0. The number of hydrogen-bond acceptors (Lipinski definition) is 4. The molecular formula is C23H41IN4O2S. The maximum absolute atomic E-state index is 12.3. The lowest BCUT2D eigenvalue weighted by molar-refractivity contribution is 0.167. The number of methoxy groups -OCH3 is 1. The minimum Gasteiger partial charge on any atom is -0.497 e. The number of ether oxygens (including phenoxy) is 1. The van der Waals surface area contributed by atoms with E-state index in [0.29, 0.717) is 18.8 Å². The first-order valence-electron chi connectivity index (χ1n) is 11.1. The van der Waals surface area contributed by atoms with Gasteiger partial charge in [0.2, 0.25) is 0 Å². The van der Waals surface area contributed by atoms with E-state index in [4.69, 9.17) is 9.73 Å². The summed E-state index contributed by atoms with van der Waals surface area (Å²) < 4.78 is 17.4. The predicted octanol–water partition coefficient (Wildman–Crippen LogP) is 3.94. The number of aliphatic imine (C=N–C) groups is 1. The molecular weight excluding hydrogens is 523 g/mol. The van der Waals surface area contributed by atoms with Crippen LogP contribution in [0, 0.1) is 0 Å². The minimum absolute atomic E-state index is 0. The molecule has 1 heterocycles. The maximum atomic E-state index is 12.3. The highest BCUT2D eigenvalue weighted by Crippen LogP contribution is 2.26. The summed E-state index contributed by atoms with van der Waals surface area (Å²) in [5.74, 6) is 2.28. The smallest absolute Gasteiger partial charge is 0.191 e. The molecule has 8 heteroatoms. The Morgan fingerprint density at radius 3 is 2.35 bits per heavy atom. The average molecular weight is 565 g/mol. The molecule has 0 aromatic heterocycles. The third-order valence-corrected chi connectivity index (χ3v) is 7.30. The fraction of sp³-hybridized carbons (Fsp3) is 0.696. The van der Waals surface area contributed by atoms with Gasteiger partial charge in [0.1, 0.15) is 5.75 Å². The molecule has 1 aromatic carbocycles. The highest BCUT2D eigenvalue weighted by molar-refractivity contribution is 14.0. The number of rotatable bonds is 9. The van der Waals surface area contributed by atoms with Gasteiger partial charge >= 0.3 is 0 Å². The first kappa shape index (κ1) is 28.2. The van der Waals surface area contributed by atoms with Gasteiger partial charge in [-0.3, -0.25) is 14.1 Å². The van der Waals surface area contributed by atoms with Gasteiger partial charge < -0.3 is 15.4 Å². The second-order valence-corrected chi connectivity index (χ2v) is 11.0. The number of likely N-dealkylation sites (tertiary alicyclic amines) is 1. The molecule has 0 saturated carbocycles. The Hall–Kier alpha value is -0.870. The van der Waals surface area contributed by atoms with Crippen LogP contribution in [0.2, 0.25) is 0 Å². The van der Waals surface area contributed by atoms with Crippen molar-refractivity contribution in [2.75, 3.05) is 45.6 Å². The van der Waals surface area contributed by atoms with Crippen LogP contribution >= 0.6 is 24.0 Å². The maximum Gasteiger partial charge on any atom is 0.191 e. The number of guanidine groups is 1. The van der Waals surface area contributed by atoms with Crippen molar-refractivity contribution in [1.82, 2.24) is 15.5 Å². The molecule has 1 saturated heterocycles. The van der Waals surface area contributed by atoms with Gasteiger partial charge in [0.15, 0.2) is 5.96 Å². The van der Waals surface area contributed by atoms with Gasteiger partial charge in [-0.15, -0.1) is 24.0 Å². The highest BCUT2D eigenvalue weighted by Gasteiger charge is 2.23. The molecule has 2 rings (SSSR count). The molecule has 1 fully saturated rings. The first-order chi connectivity index (χ1) is 14.3. The molecule has 0 radical (unpaired) electrons. The Bertz CT molecular complexity index is 686. The molecule has 1 aliphatic heterocycles. The molecule has 2 N–H and O–H groups in total. The predicted molar refractivity (Wildman–Crippen MR) is 143 cm³/mol. The number of benzene rings is 1. The number of halogens is 1. The molecule has 0 spiro atoms. The van der Waals surface area contributed by atoms with Crippen molar-refractivity contribution in [1.29, 1.82) is 0 Å². The van der Waals surface area contributed by atoms with E-state index in [1.807, 2.05) is 32.9 Å². The van der Waals surface area contributed by atoms with Crippen LogP contribution < -0.4 is 15.4 Å². The summed E-state index contributed by atoms with van der Waals surface area (Å²) in [6.07, 6.45) is 3.80. The van der Waals surface area contributed by atoms with Crippen LogP contribution in [0.4, 0.5) is 0 Å². The van der Waals surface area contributed by atoms with E-state index < -0.39 is 10.8 Å². The SMILES string of the molecule is CCNC(=NCC(c1ccc(OC)cc1)N1CCCCC1)NCCS(=O)C(C)(C)C.I. The summed E-state index contributed by atoms with van der Waals surface area (Å²) in [6, 6.07) is 8.61. The number of piperidine rings is 1. The largest absolute Gasteiger partial charge is 0.497 e. The molecule has 1 aliphatic rings. The van der Waals surface area contributed by atoms with Crippen LogP contribution in [0.15, 0.2) is 29.3 Å². The highest BCUT2D eigenvalue weighted by atomic mass is 127. The molecule has 178 valence electrons. The van der Waals surface area contributed by atoms with E-state index >= 15 is 0 Å². The van der Waals surface area contributed by atoms with E-state index in [0.717, 1.165) is 31.3 Å². The van der Waals surface area contributed by atoms with E-state index in [9.17, 15) is 4.21 Å². The zero-order valence-corrected chi connectivity index (χ0v) is 22.9. The fourth-order valence-corrected chi connectivity index (χ4v) is 4.48. The molecule has 1 aromatic rings. The van der Waals surface area contributed by atoms with Crippen molar-refractivity contribution < 1.29 is 8.95 Å². The van der Waals surface area contributed by atoms with E-state index in [-0.39, 0.29) is 34.8 Å². The van der Waals surface area contributed by atoms with Crippen molar-refractivity contribution in [3.8, 4) is 5.75 Å². The van der Waals surface area contributed by atoms with Crippen LogP contribution in [0.3, 0.4) is 0 Å². The van der Waals surface area contributed by atoms with Crippen LogP contribution in [-0.2, 0) is 10.8 Å². The lowest BCUT2D eigenvalue weighted by Crippen LogP contribution is -2.41. The summed E-state index contributed by atoms with van der Waals surface area (Å²) in [5, 5.41) is 6.68. The van der Waals surface area contributed by atoms with Crippen molar-refractivity contribution in [2.45, 2.75) is 57.7 Å². The quantitative estimate of drug-likeness (QED) is 0.270. The number of nitrogens with one attached hydrogen (secondary N) is 2. The van der Waals surface area contributed by atoms with Gasteiger partial charge in [-0.25, -0.2) is 0 Å². The van der Waals surface area contributed by atoms with E-state index in [1.54, 1.807) is 7.11 Å². The fourth-order valence-electron chi connectivity index (χ4n) is 3.58. The third-order valence-electron chi connectivity index (χ3n) is 5.36. The van der Waals surface area contributed by atoms with Gasteiger partial charge in [-0.05, 0) is 71.3 Å². The minimum atomic E-state index is -0.873. The number of nitrogens with zero attached hydrogens (tertiary/aromatic N) is 2. The van der Waals surface area contributed by atoms with Crippen molar-refractivity contribution in [3.63, 3.8) is 0 Å². The van der Waals surface area contributed by atoms with Crippen LogP contribution in [0.5, 0.6) is 5.75 Å². The second kappa shape index (κ2) is 14.3.